The van der Waals surface area contributed by atoms with Crippen LogP contribution in [0.4, 0.5) is 0 Å². The van der Waals surface area contributed by atoms with E-state index >= 15 is 0 Å². The number of hydrogen-bond acceptors (Lipinski definition) is 3. The van der Waals surface area contributed by atoms with Gasteiger partial charge >= 0.3 is 5.97 Å². The number of carboxylic acids is 1. The maximum absolute atomic E-state index is 11.5. The summed E-state index contributed by atoms with van der Waals surface area (Å²) in [5.74, 6) is -0.564. The van der Waals surface area contributed by atoms with Crippen LogP contribution < -0.4 is 5.32 Å². The number of rotatable bonds is 21. The first-order valence-electron chi connectivity index (χ1n) is 13.1. The van der Waals surface area contributed by atoms with Gasteiger partial charge < -0.3 is 15.2 Å². The van der Waals surface area contributed by atoms with Crippen molar-refractivity contribution in [2.75, 3.05) is 6.54 Å². The van der Waals surface area contributed by atoms with E-state index in [2.05, 4.69) is 5.32 Å². The first-order chi connectivity index (χ1) is 15.2. The largest absolute Gasteiger partial charge is 0.481 e. The lowest BCUT2D eigenvalue weighted by Gasteiger charge is -2.04. The molecule has 5 heteroatoms. The number of nitrogens with one attached hydrogen (secondary N) is 1. The molecule has 0 heterocycles. The van der Waals surface area contributed by atoms with E-state index in [1.165, 1.54) is 64.2 Å². The second-order valence-corrected chi connectivity index (χ2v) is 7.50. The lowest BCUT2D eigenvalue weighted by Crippen LogP contribution is -2.24. The summed E-state index contributed by atoms with van der Waals surface area (Å²) in [7, 11) is 0. The Morgan fingerprint density at radius 3 is 1.32 bits per heavy atom. The highest BCUT2D eigenvalue weighted by Crippen LogP contribution is 2.13. The molecule has 186 valence electrons. The summed E-state index contributed by atoms with van der Waals surface area (Å²) in [5.41, 5.74) is 0. The first kappa shape index (κ1) is 34.2. The molecule has 0 aromatic carbocycles. The maximum atomic E-state index is 11.5. The van der Waals surface area contributed by atoms with E-state index in [9.17, 15) is 14.4 Å². The summed E-state index contributed by atoms with van der Waals surface area (Å²) < 4.78 is 0. The summed E-state index contributed by atoms with van der Waals surface area (Å²) in [4.78, 5) is 32.1. The quantitative estimate of drug-likeness (QED) is 0.142. The second-order valence-electron chi connectivity index (χ2n) is 7.50. The molecule has 31 heavy (non-hydrogen) atoms. The number of hydrogen-bond donors (Lipinski definition) is 2. The topological polar surface area (TPSA) is 83.5 Å². The van der Waals surface area contributed by atoms with Gasteiger partial charge in [-0.1, -0.05) is 105 Å². The standard InChI is InChI=1S/C22H41NO4.2C2H6/c24-20-16-15-19-23-21(25)17-13-11-9-7-5-3-1-2-4-6-8-10-12-14-18-22(26)27;2*1-2/h20H,1-19H2,(H,23,25)(H,26,27);2*1-2H3. The Kier molecular flexibility index (Phi) is 36.7. The molecular formula is C26H53NO4. The van der Waals surface area contributed by atoms with Gasteiger partial charge in [0.05, 0.1) is 0 Å². The van der Waals surface area contributed by atoms with Crippen molar-refractivity contribution in [2.45, 2.75) is 143 Å². The van der Waals surface area contributed by atoms with E-state index in [0.717, 1.165) is 38.4 Å². The number of carbonyl (C=O) groups excluding carboxylic acids is 2. The van der Waals surface area contributed by atoms with Crippen LogP contribution >= 0.6 is 0 Å². The van der Waals surface area contributed by atoms with E-state index in [-0.39, 0.29) is 5.91 Å². The molecule has 0 fully saturated rings. The van der Waals surface area contributed by atoms with Gasteiger partial charge in [0.2, 0.25) is 5.91 Å². The van der Waals surface area contributed by atoms with Crippen LogP contribution in [0.15, 0.2) is 0 Å². The van der Waals surface area contributed by atoms with Crippen molar-refractivity contribution < 1.29 is 19.5 Å². The Bertz CT molecular complexity index is 372. The van der Waals surface area contributed by atoms with Gasteiger partial charge in [0.1, 0.15) is 6.29 Å². The average Bonchev–Trinajstić information content (AvgIpc) is 2.79. The van der Waals surface area contributed by atoms with Crippen LogP contribution in [0.1, 0.15) is 143 Å². The smallest absolute Gasteiger partial charge is 0.303 e. The van der Waals surface area contributed by atoms with Crippen LogP contribution in [0.2, 0.25) is 0 Å². The molecule has 5 nitrogen and oxygen atoms in total. The zero-order chi connectivity index (χ0) is 24.0. The Morgan fingerprint density at radius 1 is 0.613 bits per heavy atom. The van der Waals surface area contributed by atoms with Crippen LogP contribution in [0.5, 0.6) is 0 Å². The summed E-state index contributed by atoms with van der Waals surface area (Å²) in [5, 5.41) is 11.4. The SMILES string of the molecule is CC.CC.O=CCCCNC(=O)CCCCCCCCCCCCCCCCC(=O)O. The normalized spacial score (nSPS) is 9.68. The van der Waals surface area contributed by atoms with Gasteiger partial charge in [0, 0.05) is 25.8 Å². The average molecular weight is 444 g/mol. The molecule has 0 spiro atoms. The maximum Gasteiger partial charge on any atom is 0.303 e. The summed E-state index contributed by atoms with van der Waals surface area (Å²) in [6.07, 6.45) is 19.8. The van der Waals surface area contributed by atoms with Gasteiger partial charge in [-0.25, -0.2) is 0 Å². The molecule has 0 aromatic rings. The van der Waals surface area contributed by atoms with Crippen molar-refractivity contribution in [3.05, 3.63) is 0 Å². The van der Waals surface area contributed by atoms with Crippen LogP contribution in [0.25, 0.3) is 0 Å². The van der Waals surface area contributed by atoms with Crippen LogP contribution in [-0.2, 0) is 14.4 Å². The fourth-order valence-electron chi connectivity index (χ4n) is 3.18. The van der Waals surface area contributed by atoms with Gasteiger partial charge in [0.25, 0.3) is 0 Å². The fraction of sp³-hybridized carbons (Fsp3) is 0.885. The Morgan fingerprint density at radius 2 is 0.968 bits per heavy atom. The third kappa shape index (κ3) is 36.3. The Hall–Kier alpha value is -1.39. The van der Waals surface area contributed by atoms with Crippen LogP contribution in [0, 0.1) is 0 Å². The van der Waals surface area contributed by atoms with Crippen molar-refractivity contribution in [2.24, 2.45) is 0 Å². The van der Waals surface area contributed by atoms with E-state index in [4.69, 9.17) is 5.11 Å². The van der Waals surface area contributed by atoms with Crippen LogP contribution in [0.3, 0.4) is 0 Å². The number of amides is 1. The van der Waals surface area contributed by atoms with Crippen molar-refractivity contribution in [3.8, 4) is 0 Å². The summed E-state index contributed by atoms with van der Waals surface area (Å²) >= 11 is 0. The molecule has 0 saturated carbocycles. The zero-order valence-electron chi connectivity index (χ0n) is 21.2. The van der Waals surface area contributed by atoms with Crippen molar-refractivity contribution >= 4 is 18.2 Å². The minimum Gasteiger partial charge on any atom is -0.481 e. The van der Waals surface area contributed by atoms with Crippen molar-refractivity contribution in [3.63, 3.8) is 0 Å². The van der Waals surface area contributed by atoms with Crippen molar-refractivity contribution in [1.29, 1.82) is 0 Å². The number of carbonyl (C=O) groups is 3. The fourth-order valence-corrected chi connectivity index (χ4v) is 3.18. The highest BCUT2D eigenvalue weighted by Gasteiger charge is 2.00. The number of carboxylic acid groups (broad SMARTS) is 1. The molecule has 0 saturated heterocycles. The molecular weight excluding hydrogens is 390 g/mol. The van der Waals surface area contributed by atoms with E-state index in [1.54, 1.807) is 0 Å². The van der Waals surface area contributed by atoms with Gasteiger partial charge in [-0.2, -0.15) is 0 Å². The monoisotopic (exact) mass is 443 g/mol. The predicted molar refractivity (Wildman–Crippen MR) is 133 cm³/mol. The first-order valence-corrected chi connectivity index (χ1v) is 13.1. The Labute approximate surface area is 193 Å². The minimum atomic E-state index is -0.678. The van der Waals surface area contributed by atoms with E-state index < -0.39 is 5.97 Å². The zero-order valence-corrected chi connectivity index (χ0v) is 21.2. The van der Waals surface area contributed by atoms with Crippen LogP contribution in [-0.4, -0.2) is 29.8 Å². The molecule has 2 N–H and O–H groups in total. The molecule has 1 amide bonds. The molecule has 0 aliphatic carbocycles. The molecule has 0 aliphatic rings. The molecule has 0 unspecified atom stereocenters. The molecule has 0 aliphatic heterocycles. The van der Waals surface area contributed by atoms with Crippen molar-refractivity contribution in [1.82, 2.24) is 5.32 Å². The van der Waals surface area contributed by atoms with Gasteiger partial charge in [-0.3, -0.25) is 9.59 Å². The molecule has 0 radical (unpaired) electrons. The number of aliphatic carboxylic acids is 1. The Balaban J connectivity index is -0.00000184. The molecule has 0 aromatic heterocycles. The highest BCUT2D eigenvalue weighted by atomic mass is 16.4. The number of unbranched alkanes of at least 4 members (excludes halogenated alkanes) is 14. The second kappa shape index (κ2) is 33.3. The lowest BCUT2D eigenvalue weighted by molar-refractivity contribution is -0.137. The van der Waals surface area contributed by atoms with E-state index in [0.29, 0.717) is 25.8 Å². The van der Waals surface area contributed by atoms with Gasteiger partial charge in [0.15, 0.2) is 0 Å². The molecule has 0 bridgehead atoms. The predicted octanol–water partition coefficient (Wildman–Crippen LogP) is 7.46. The number of aldehydes is 1. The third-order valence-corrected chi connectivity index (χ3v) is 4.87. The summed E-state index contributed by atoms with van der Waals surface area (Å²) in [6, 6.07) is 0. The van der Waals surface area contributed by atoms with Gasteiger partial charge in [-0.15, -0.1) is 0 Å². The minimum absolute atomic E-state index is 0.114. The highest BCUT2D eigenvalue weighted by molar-refractivity contribution is 5.75. The van der Waals surface area contributed by atoms with Gasteiger partial charge in [-0.05, 0) is 19.3 Å². The molecule has 0 atom stereocenters. The van der Waals surface area contributed by atoms with E-state index in [1.807, 2.05) is 27.7 Å². The molecule has 0 rings (SSSR count). The summed E-state index contributed by atoms with van der Waals surface area (Å²) in [6.45, 7) is 8.61. The third-order valence-electron chi connectivity index (χ3n) is 4.87. The lowest BCUT2D eigenvalue weighted by atomic mass is 10.0.